The molecule has 0 bridgehead atoms. The van der Waals surface area contributed by atoms with E-state index in [1.165, 1.54) is 0 Å². The number of aryl methyl sites for hydroxylation is 2. The average Bonchev–Trinajstić information content (AvgIpc) is 3.00. The minimum Gasteiger partial charge on any atom is -0.464 e. The molecule has 2 aromatic rings. The van der Waals surface area contributed by atoms with Gasteiger partial charge in [0.2, 0.25) is 0 Å². The fraction of sp³-hybridized carbons (Fsp3) is 0.500. The molecule has 0 aliphatic carbocycles. The fourth-order valence-electron chi connectivity index (χ4n) is 2.11. The van der Waals surface area contributed by atoms with Crippen molar-refractivity contribution in [1.82, 2.24) is 15.1 Å². The van der Waals surface area contributed by atoms with Gasteiger partial charge in [-0.25, -0.2) is 0 Å². The molecule has 2 aromatic heterocycles. The molecule has 0 amide bonds. The van der Waals surface area contributed by atoms with Crippen LogP contribution in [0.15, 0.2) is 27.2 Å². The van der Waals surface area contributed by atoms with Gasteiger partial charge in [-0.15, -0.1) is 0 Å². The van der Waals surface area contributed by atoms with Gasteiger partial charge in [0.05, 0.1) is 16.4 Å². The number of furan rings is 1. The van der Waals surface area contributed by atoms with Gasteiger partial charge in [-0.1, -0.05) is 13.8 Å². The molecule has 0 aliphatic heterocycles. The standard InChI is InChI=1S/C14H20BrN3O/c1-4-8-16-13(12-7-6-10(5-2)19-12)14-11(15)9-17-18(14)3/h6-7,9,13,16H,4-5,8H2,1-3H3. The fourth-order valence-corrected chi connectivity index (χ4v) is 2.68. The van der Waals surface area contributed by atoms with Gasteiger partial charge in [0.1, 0.15) is 17.6 Å². The SMILES string of the molecule is CCCNC(c1ccc(CC)o1)c1c(Br)cnn1C. The molecule has 5 heteroatoms. The van der Waals surface area contributed by atoms with E-state index in [0.717, 1.165) is 41.1 Å². The molecule has 1 atom stereocenters. The highest BCUT2D eigenvalue weighted by Gasteiger charge is 2.23. The van der Waals surface area contributed by atoms with Crippen LogP contribution in [-0.4, -0.2) is 16.3 Å². The summed E-state index contributed by atoms with van der Waals surface area (Å²) in [5.74, 6) is 1.95. The Morgan fingerprint density at radius 3 is 2.74 bits per heavy atom. The van der Waals surface area contributed by atoms with Crippen molar-refractivity contribution in [1.29, 1.82) is 0 Å². The Labute approximate surface area is 122 Å². The molecule has 0 radical (unpaired) electrons. The van der Waals surface area contributed by atoms with Gasteiger partial charge in [-0.3, -0.25) is 4.68 Å². The third-order valence-corrected chi connectivity index (χ3v) is 3.74. The summed E-state index contributed by atoms with van der Waals surface area (Å²) in [4.78, 5) is 0. The molecule has 1 N–H and O–H groups in total. The lowest BCUT2D eigenvalue weighted by Crippen LogP contribution is -2.25. The van der Waals surface area contributed by atoms with Crippen LogP contribution in [0.3, 0.4) is 0 Å². The molecular formula is C14H20BrN3O. The third-order valence-electron chi connectivity index (χ3n) is 3.12. The molecular weight excluding hydrogens is 306 g/mol. The number of rotatable bonds is 6. The van der Waals surface area contributed by atoms with Crippen molar-refractivity contribution in [2.24, 2.45) is 7.05 Å². The molecule has 1 unspecified atom stereocenters. The first kappa shape index (κ1) is 14.3. The van der Waals surface area contributed by atoms with Gasteiger partial charge in [-0.05, 0) is 41.0 Å². The summed E-state index contributed by atoms with van der Waals surface area (Å²) in [6, 6.07) is 4.12. The van der Waals surface area contributed by atoms with Crippen molar-refractivity contribution in [3.63, 3.8) is 0 Å². The zero-order valence-corrected chi connectivity index (χ0v) is 13.2. The van der Waals surface area contributed by atoms with E-state index in [9.17, 15) is 0 Å². The Morgan fingerprint density at radius 2 is 2.21 bits per heavy atom. The summed E-state index contributed by atoms with van der Waals surface area (Å²) in [7, 11) is 1.95. The smallest absolute Gasteiger partial charge is 0.127 e. The van der Waals surface area contributed by atoms with Gasteiger partial charge in [-0.2, -0.15) is 5.10 Å². The lowest BCUT2D eigenvalue weighted by Gasteiger charge is -2.17. The number of nitrogens with zero attached hydrogens (tertiary/aromatic N) is 2. The lowest BCUT2D eigenvalue weighted by molar-refractivity contribution is 0.410. The van der Waals surface area contributed by atoms with Crippen LogP contribution >= 0.6 is 15.9 Å². The lowest BCUT2D eigenvalue weighted by atomic mass is 10.1. The first-order chi connectivity index (χ1) is 9.17. The molecule has 2 heterocycles. The minimum atomic E-state index is 0.0297. The van der Waals surface area contributed by atoms with Crippen molar-refractivity contribution >= 4 is 15.9 Å². The van der Waals surface area contributed by atoms with Crippen molar-refractivity contribution in [2.45, 2.75) is 32.7 Å². The molecule has 0 aliphatic rings. The highest BCUT2D eigenvalue weighted by atomic mass is 79.9. The quantitative estimate of drug-likeness (QED) is 0.884. The van der Waals surface area contributed by atoms with Gasteiger partial charge in [0.25, 0.3) is 0 Å². The van der Waals surface area contributed by atoms with Crippen molar-refractivity contribution < 1.29 is 4.42 Å². The maximum atomic E-state index is 5.90. The van der Waals surface area contributed by atoms with Gasteiger partial charge < -0.3 is 9.73 Å². The van der Waals surface area contributed by atoms with Gasteiger partial charge in [0.15, 0.2) is 0 Å². The molecule has 19 heavy (non-hydrogen) atoms. The minimum absolute atomic E-state index is 0.0297. The van der Waals surface area contributed by atoms with E-state index in [4.69, 9.17) is 4.42 Å². The summed E-state index contributed by atoms with van der Waals surface area (Å²) >= 11 is 3.57. The van der Waals surface area contributed by atoms with Crippen LogP contribution in [0.2, 0.25) is 0 Å². The zero-order chi connectivity index (χ0) is 13.8. The summed E-state index contributed by atoms with van der Waals surface area (Å²) in [6.07, 6.45) is 3.81. The van der Waals surface area contributed by atoms with Crippen LogP contribution in [0.5, 0.6) is 0 Å². The second-order valence-electron chi connectivity index (χ2n) is 4.55. The normalized spacial score (nSPS) is 12.8. The number of hydrogen-bond donors (Lipinski definition) is 1. The van der Waals surface area contributed by atoms with E-state index in [2.05, 4.69) is 40.2 Å². The Balaban J connectivity index is 2.35. The van der Waals surface area contributed by atoms with Crippen LogP contribution in [0, 0.1) is 0 Å². The number of aromatic nitrogens is 2. The van der Waals surface area contributed by atoms with Crippen LogP contribution in [0.25, 0.3) is 0 Å². The van der Waals surface area contributed by atoms with Crippen LogP contribution in [-0.2, 0) is 13.5 Å². The first-order valence-electron chi connectivity index (χ1n) is 6.66. The second-order valence-corrected chi connectivity index (χ2v) is 5.40. The van der Waals surface area contributed by atoms with Crippen molar-refractivity contribution in [3.8, 4) is 0 Å². The van der Waals surface area contributed by atoms with E-state index in [1.54, 1.807) is 0 Å². The highest BCUT2D eigenvalue weighted by molar-refractivity contribution is 9.10. The van der Waals surface area contributed by atoms with Crippen molar-refractivity contribution in [3.05, 3.63) is 40.0 Å². The maximum absolute atomic E-state index is 5.90. The maximum Gasteiger partial charge on any atom is 0.127 e. The average molecular weight is 326 g/mol. The van der Waals surface area contributed by atoms with Gasteiger partial charge >= 0.3 is 0 Å². The molecule has 0 spiro atoms. The summed E-state index contributed by atoms with van der Waals surface area (Å²) in [6.45, 7) is 5.18. The van der Waals surface area contributed by atoms with E-state index in [-0.39, 0.29) is 6.04 Å². The number of halogens is 1. The van der Waals surface area contributed by atoms with Crippen LogP contribution in [0.4, 0.5) is 0 Å². The first-order valence-corrected chi connectivity index (χ1v) is 7.46. The predicted octanol–water partition coefficient (Wildman–Crippen LogP) is 3.43. The highest BCUT2D eigenvalue weighted by Crippen LogP contribution is 2.29. The zero-order valence-electron chi connectivity index (χ0n) is 11.6. The van der Waals surface area contributed by atoms with Crippen molar-refractivity contribution in [2.75, 3.05) is 6.54 Å². The topological polar surface area (TPSA) is 43.0 Å². The van der Waals surface area contributed by atoms with E-state index in [1.807, 2.05) is 30.1 Å². The monoisotopic (exact) mass is 325 g/mol. The van der Waals surface area contributed by atoms with Crippen LogP contribution in [0.1, 0.15) is 43.5 Å². The number of hydrogen-bond acceptors (Lipinski definition) is 3. The van der Waals surface area contributed by atoms with E-state index < -0.39 is 0 Å². The summed E-state index contributed by atoms with van der Waals surface area (Å²) in [5, 5.41) is 7.81. The van der Waals surface area contributed by atoms with E-state index >= 15 is 0 Å². The molecule has 0 saturated heterocycles. The number of nitrogens with one attached hydrogen (secondary N) is 1. The van der Waals surface area contributed by atoms with E-state index in [0.29, 0.717) is 0 Å². The Kier molecular flexibility index (Phi) is 4.82. The summed E-state index contributed by atoms with van der Waals surface area (Å²) in [5.41, 5.74) is 1.09. The van der Waals surface area contributed by atoms with Gasteiger partial charge in [0, 0.05) is 13.5 Å². The Morgan fingerprint density at radius 1 is 1.42 bits per heavy atom. The second kappa shape index (κ2) is 6.39. The Hall–Kier alpha value is -1.07. The Bertz CT molecular complexity index is 513. The molecule has 0 fully saturated rings. The summed E-state index contributed by atoms with van der Waals surface area (Å²) < 4.78 is 8.78. The molecule has 0 aromatic carbocycles. The molecule has 4 nitrogen and oxygen atoms in total. The molecule has 2 rings (SSSR count). The van der Waals surface area contributed by atoms with Crippen LogP contribution < -0.4 is 5.32 Å². The third kappa shape index (κ3) is 3.09. The molecule has 104 valence electrons. The molecule has 0 saturated carbocycles. The largest absolute Gasteiger partial charge is 0.464 e. The predicted molar refractivity (Wildman–Crippen MR) is 79.1 cm³/mol.